The van der Waals surface area contributed by atoms with Gasteiger partial charge < -0.3 is 14.4 Å². The molecule has 2 amide bonds. The standard InChI is InChI=1S/C28H31N3O3/c32-26(28(34)30-17-15-29(16-18-30)27(33)22-11-5-2-6-12-22)24-20-31(19-21-9-3-1-4-10-21)25-14-8-7-13-23(24)25/h2,5-8,11-14,20-21H,1,3-4,9-10,15-19H2. The van der Waals surface area contributed by atoms with E-state index in [1.807, 2.05) is 48.7 Å². The number of aromatic nitrogens is 1. The normalized spacial score (nSPS) is 17.2. The van der Waals surface area contributed by atoms with Gasteiger partial charge in [0, 0.05) is 55.4 Å². The molecule has 34 heavy (non-hydrogen) atoms. The highest BCUT2D eigenvalue weighted by Crippen LogP contribution is 2.29. The predicted octanol–water partition coefficient (Wildman–Crippen LogP) is 4.39. The van der Waals surface area contributed by atoms with Crippen LogP contribution < -0.4 is 0 Å². The van der Waals surface area contributed by atoms with Gasteiger partial charge in [0.2, 0.25) is 0 Å². The lowest BCUT2D eigenvalue weighted by Gasteiger charge is -2.34. The molecule has 1 aliphatic carbocycles. The van der Waals surface area contributed by atoms with Crippen molar-refractivity contribution in [3.63, 3.8) is 0 Å². The molecule has 0 N–H and O–H groups in total. The summed E-state index contributed by atoms with van der Waals surface area (Å²) in [5.41, 5.74) is 2.14. The van der Waals surface area contributed by atoms with Crippen LogP contribution in [0.3, 0.4) is 0 Å². The van der Waals surface area contributed by atoms with Crippen LogP contribution in [0.5, 0.6) is 0 Å². The number of benzene rings is 2. The number of carbonyl (C=O) groups is 3. The lowest BCUT2D eigenvalue weighted by Crippen LogP contribution is -2.52. The molecule has 2 fully saturated rings. The first-order valence-corrected chi connectivity index (χ1v) is 12.4. The summed E-state index contributed by atoms with van der Waals surface area (Å²) in [7, 11) is 0. The fourth-order valence-corrected chi connectivity index (χ4v) is 5.36. The Morgan fingerprint density at radius 2 is 1.41 bits per heavy atom. The summed E-state index contributed by atoms with van der Waals surface area (Å²) in [6, 6.07) is 17.0. The molecule has 6 heteroatoms. The van der Waals surface area contributed by atoms with Crippen LogP contribution in [0.25, 0.3) is 10.9 Å². The van der Waals surface area contributed by atoms with Crippen LogP contribution in [0.4, 0.5) is 0 Å². The van der Waals surface area contributed by atoms with Crippen LogP contribution in [0.1, 0.15) is 52.8 Å². The van der Waals surface area contributed by atoms with Crippen molar-refractivity contribution >= 4 is 28.5 Å². The maximum absolute atomic E-state index is 13.3. The van der Waals surface area contributed by atoms with E-state index in [1.54, 1.807) is 21.9 Å². The average molecular weight is 458 g/mol. The summed E-state index contributed by atoms with van der Waals surface area (Å²) in [4.78, 5) is 42.5. The van der Waals surface area contributed by atoms with Crippen LogP contribution in [0, 0.1) is 5.92 Å². The highest BCUT2D eigenvalue weighted by atomic mass is 16.2. The van der Waals surface area contributed by atoms with Gasteiger partial charge in [0.15, 0.2) is 0 Å². The molecule has 0 unspecified atom stereocenters. The van der Waals surface area contributed by atoms with Gasteiger partial charge in [-0.05, 0) is 37.0 Å². The van der Waals surface area contributed by atoms with Gasteiger partial charge in [-0.25, -0.2) is 0 Å². The minimum Gasteiger partial charge on any atom is -0.346 e. The first kappa shape index (κ1) is 22.4. The fraction of sp³-hybridized carbons (Fsp3) is 0.393. The Hall–Kier alpha value is -3.41. The molecule has 5 rings (SSSR count). The van der Waals surface area contributed by atoms with E-state index in [9.17, 15) is 14.4 Å². The number of hydrogen-bond donors (Lipinski definition) is 0. The second-order valence-corrected chi connectivity index (χ2v) is 9.50. The van der Waals surface area contributed by atoms with Crippen LogP contribution in [-0.2, 0) is 11.3 Å². The van der Waals surface area contributed by atoms with E-state index in [0.29, 0.717) is 43.2 Å². The third-order valence-electron chi connectivity index (χ3n) is 7.28. The van der Waals surface area contributed by atoms with Crippen LogP contribution in [0.15, 0.2) is 60.8 Å². The van der Waals surface area contributed by atoms with Crippen molar-refractivity contribution in [2.75, 3.05) is 26.2 Å². The molecular weight excluding hydrogens is 426 g/mol. The smallest absolute Gasteiger partial charge is 0.295 e. The van der Waals surface area contributed by atoms with E-state index in [0.717, 1.165) is 17.4 Å². The van der Waals surface area contributed by atoms with Crippen molar-refractivity contribution in [3.8, 4) is 0 Å². The molecule has 3 aromatic rings. The van der Waals surface area contributed by atoms with Crippen molar-refractivity contribution < 1.29 is 14.4 Å². The van der Waals surface area contributed by atoms with E-state index in [1.165, 1.54) is 32.1 Å². The number of fused-ring (bicyclic) bond motifs is 1. The van der Waals surface area contributed by atoms with Gasteiger partial charge in [-0.3, -0.25) is 14.4 Å². The van der Waals surface area contributed by atoms with Crippen LogP contribution in [-0.4, -0.2) is 58.1 Å². The molecule has 1 saturated carbocycles. The molecular formula is C28H31N3O3. The molecule has 1 aromatic heterocycles. The number of carbonyl (C=O) groups excluding carboxylic acids is 3. The zero-order valence-electron chi connectivity index (χ0n) is 19.5. The van der Waals surface area contributed by atoms with Gasteiger partial charge >= 0.3 is 0 Å². The fourth-order valence-electron chi connectivity index (χ4n) is 5.36. The summed E-state index contributed by atoms with van der Waals surface area (Å²) < 4.78 is 2.17. The maximum Gasteiger partial charge on any atom is 0.295 e. The summed E-state index contributed by atoms with van der Waals surface area (Å²) in [5, 5.41) is 0.842. The number of nitrogens with zero attached hydrogens (tertiary/aromatic N) is 3. The van der Waals surface area contributed by atoms with Gasteiger partial charge in [-0.1, -0.05) is 55.7 Å². The van der Waals surface area contributed by atoms with Crippen LogP contribution in [0.2, 0.25) is 0 Å². The number of amides is 2. The van der Waals surface area contributed by atoms with E-state index < -0.39 is 11.7 Å². The second-order valence-electron chi connectivity index (χ2n) is 9.50. The maximum atomic E-state index is 13.3. The summed E-state index contributed by atoms with van der Waals surface area (Å²) in [6.45, 7) is 2.47. The van der Waals surface area contributed by atoms with E-state index >= 15 is 0 Å². The number of hydrogen-bond acceptors (Lipinski definition) is 3. The molecule has 0 radical (unpaired) electrons. The highest BCUT2D eigenvalue weighted by Gasteiger charge is 2.30. The monoisotopic (exact) mass is 457 g/mol. The third kappa shape index (κ3) is 4.49. The summed E-state index contributed by atoms with van der Waals surface area (Å²) in [5.74, 6) is -0.350. The molecule has 2 aromatic carbocycles. The Bertz CT molecular complexity index is 1190. The zero-order valence-corrected chi connectivity index (χ0v) is 19.5. The molecule has 2 heterocycles. The highest BCUT2D eigenvalue weighted by molar-refractivity contribution is 6.44. The molecule has 1 saturated heterocycles. The first-order chi connectivity index (χ1) is 16.6. The van der Waals surface area contributed by atoms with Gasteiger partial charge in [0.1, 0.15) is 0 Å². The number of piperazine rings is 1. The number of ketones is 1. The number of rotatable bonds is 5. The Labute approximate surface area is 200 Å². The van der Waals surface area contributed by atoms with Gasteiger partial charge in [0.25, 0.3) is 17.6 Å². The Balaban J connectivity index is 1.28. The van der Waals surface area contributed by atoms with Gasteiger partial charge in [0.05, 0.1) is 5.56 Å². The molecule has 0 spiro atoms. The van der Waals surface area contributed by atoms with Crippen molar-refractivity contribution in [2.24, 2.45) is 5.92 Å². The van der Waals surface area contributed by atoms with Crippen molar-refractivity contribution in [1.29, 1.82) is 0 Å². The lowest BCUT2D eigenvalue weighted by molar-refractivity contribution is -0.127. The molecule has 2 aliphatic rings. The van der Waals surface area contributed by atoms with Crippen LogP contribution >= 0.6 is 0 Å². The van der Waals surface area contributed by atoms with E-state index in [2.05, 4.69) is 4.57 Å². The Morgan fingerprint density at radius 1 is 0.765 bits per heavy atom. The van der Waals surface area contributed by atoms with E-state index in [-0.39, 0.29) is 5.91 Å². The minimum atomic E-state index is -0.479. The molecule has 0 atom stereocenters. The molecule has 176 valence electrons. The first-order valence-electron chi connectivity index (χ1n) is 12.4. The second kappa shape index (κ2) is 9.84. The van der Waals surface area contributed by atoms with Crippen molar-refractivity contribution in [2.45, 2.75) is 38.6 Å². The topological polar surface area (TPSA) is 62.6 Å². The molecule has 0 bridgehead atoms. The zero-order chi connectivity index (χ0) is 23.5. The number of Topliss-reactive ketones (excluding diaryl/α,β-unsaturated/α-hetero) is 1. The average Bonchev–Trinajstić information content (AvgIpc) is 3.27. The minimum absolute atomic E-state index is 0.0372. The quantitative estimate of drug-likeness (QED) is 0.422. The van der Waals surface area contributed by atoms with E-state index in [4.69, 9.17) is 0 Å². The largest absolute Gasteiger partial charge is 0.346 e. The molecule has 1 aliphatic heterocycles. The SMILES string of the molecule is O=C(C(=O)N1CCN(C(=O)c2ccccc2)CC1)c1cn(CC2CCCCC2)c2ccccc12. The van der Waals surface area contributed by atoms with Crippen molar-refractivity contribution in [3.05, 3.63) is 71.9 Å². The van der Waals surface area contributed by atoms with Gasteiger partial charge in [-0.15, -0.1) is 0 Å². The molecule has 6 nitrogen and oxygen atoms in total. The summed E-state index contributed by atoms with van der Waals surface area (Å²) in [6.07, 6.45) is 8.18. The van der Waals surface area contributed by atoms with Gasteiger partial charge in [-0.2, -0.15) is 0 Å². The Morgan fingerprint density at radius 3 is 2.15 bits per heavy atom. The Kier molecular flexibility index (Phi) is 6.48. The number of para-hydroxylation sites is 1. The summed E-state index contributed by atoms with van der Waals surface area (Å²) >= 11 is 0. The third-order valence-corrected chi connectivity index (χ3v) is 7.28. The lowest BCUT2D eigenvalue weighted by atomic mass is 9.89. The predicted molar refractivity (Wildman–Crippen MR) is 132 cm³/mol. The van der Waals surface area contributed by atoms with Crippen molar-refractivity contribution in [1.82, 2.24) is 14.4 Å².